The number of nitrogens with one attached hydrogen (secondary N) is 1. The fraction of sp³-hybridized carbons (Fsp3) is 0.240. The van der Waals surface area contributed by atoms with Gasteiger partial charge in [-0.25, -0.2) is 0 Å². The van der Waals surface area contributed by atoms with Crippen molar-refractivity contribution in [1.82, 2.24) is 5.32 Å². The number of amides is 1. The van der Waals surface area contributed by atoms with E-state index < -0.39 is 0 Å². The zero-order valence-corrected chi connectivity index (χ0v) is 18.2. The Bertz CT molecular complexity index is 1010. The largest absolute Gasteiger partial charge is 0.490 e. The monoisotopic (exact) mass is 465 g/mol. The van der Waals surface area contributed by atoms with Gasteiger partial charge in [0, 0.05) is 16.5 Å². The summed E-state index contributed by atoms with van der Waals surface area (Å²) in [6, 6.07) is 23.6. The molecule has 5 heteroatoms. The maximum atomic E-state index is 12.9. The van der Waals surface area contributed by atoms with Gasteiger partial charge >= 0.3 is 0 Å². The van der Waals surface area contributed by atoms with E-state index >= 15 is 0 Å². The molecule has 0 saturated carbocycles. The van der Waals surface area contributed by atoms with Gasteiger partial charge in [-0.05, 0) is 54.3 Å². The fourth-order valence-electron chi connectivity index (χ4n) is 3.55. The van der Waals surface area contributed by atoms with Crippen LogP contribution < -0.4 is 14.8 Å². The van der Waals surface area contributed by atoms with Crippen LogP contribution in [0.3, 0.4) is 0 Å². The molecule has 4 rings (SSSR count). The van der Waals surface area contributed by atoms with Crippen molar-refractivity contribution in [1.29, 1.82) is 0 Å². The van der Waals surface area contributed by atoms with Crippen LogP contribution in [0.2, 0.25) is 0 Å². The zero-order valence-electron chi connectivity index (χ0n) is 16.6. The highest BCUT2D eigenvalue weighted by Gasteiger charge is 2.19. The number of ether oxygens (including phenoxy) is 2. The molecule has 0 aliphatic carbocycles. The van der Waals surface area contributed by atoms with Crippen LogP contribution in [0.4, 0.5) is 0 Å². The summed E-state index contributed by atoms with van der Waals surface area (Å²) in [5.74, 6) is 1.41. The highest BCUT2D eigenvalue weighted by atomic mass is 79.9. The molecule has 1 aliphatic heterocycles. The van der Waals surface area contributed by atoms with Crippen molar-refractivity contribution in [2.24, 2.45) is 0 Å². The second-order valence-electron chi connectivity index (χ2n) is 7.32. The van der Waals surface area contributed by atoms with Crippen LogP contribution >= 0.6 is 15.9 Å². The van der Waals surface area contributed by atoms with E-state index in [4.69, 9.17) is 9.47 Å². The summed E-state index contributed by atoms with van der Waals surface area (Å²) in [6.07, 6.45) is 2.50. The van der Waals surface area contributed by atoms with Crippen molar-refractivity contribution >= 4 is 21.8 Å². The van der Waals surface area contributed by atoms with Crippen LogP contribution in [-0.2, 0) is 6.42 Å². The number of carbonyl (C=O) groups is 1. The molecule has 1 N–H and O–H groups in total. The Balaban J connectivity index is 1.58. The number of aryl methyl sites for hydroxylation is 1. The standard InChI is InChI=1S/C25H24BrNO3/c26-21-9-4-8-20(16-21)25(28)27-22(12-10-18-6-2-1-3-7-18)19-11-13-23-24(17-19)30-15-5-14-29-23/h1-4,6-9,11,13,16-17,22H,5,10,12,14-15H2,(H,27,28). The lowest BCUT2D eigenvalue weighted by molar-refractivity contribution is 0.0934. The predicted molar refractivity (Wildman–Crippen MR) is 121 cm³/mol. The lowest BCUT2D eigenvalue weighted by atomic mass is 9.98. The van der Waals surface area contributed by atoms with Gasteiger partial charge in [0.1, 0.15) is 0 Å². The SMILES string of the molecule is O=C(NC(CCc1ccccc1)c1ccc2c(c1)OCCCO2)c1cccc(Br)c1. The predicted octanol–water partition coefficient (Wildman–Crippen LogP) is 5.71. The summed E-state index contributed by atoms with van der Waals surface area (Å²) >= 11 is 3.44. The number of halogens is 1. The molecule has 0 radical (unpaired) electrons. The lowest BCUT2D eigenvalue weighted by Gasteiger charge is -2.21. The van der Waals surface area contributed by atoms with Gasteiger partial charge in [0.15, 0.2) is 11.5 Å². The average Bonchev–Trinajstić information content (AvgIpc) is 3.02. The number of hydrogen-bond acceptors (Lipinski definition) is 3. The average molecular weight is 466 g/mol. The molecule has 3 aromatic carbocycles. The summed E-state index contributed by atoms with van der Waals surface area (Å²) in [5, 5.41) is 3.21. The van der Waals surface area contributed by atoms with E-state index in [1.807, 2.05) is 60.7 Å². The Labute approximate surface area is 185 Å². The molecule has 1 heterocycles. The molecule has 1 amide bonds. The van der Waals surface area contributed by atoms with E-state index in [0.717, 1.165) is 40.8 Å². The number of rotatable bonds is 6. The van der Waals surface area contributed by atoms with Crippen molar-refractivity contribution < 1.29 is 14.3 Å². The highest BCUT2D eigenvalue weighted by molar-refractivity contribution is 9.10. The number of fused-ring (bicyclic) bond motifs is 1. The summed E-state index contributed by atoms with van der Waals surface area (Å²) < 4.78 is 12.5. The van der Waals surface area contributed by atoms with Crippen LogP contribution in [0.5, 0.6) is 11.5 Å². The molecule has 0 saturated heterocycles. The van der Waals surface area contributed by atoms with Crippen LogP contribution in [0.25, 0.3) is 0 Å². The minimum absolute atomic E-state index is 0.0959. The molecule has 0 fully saturated rings. The van der Waals surface area contributed by atoms with Gasteiger partial charge in [0.25, 0.3) is 5.91 Å². The summed E-state index contributed by atoms with van der Waals surface area (Å²) in [7, 11) is 0. The molecule has 0 aromatic heterocycles. The second kappa shape index (κ2) is 9.81. The molecule has 1 aliphatic rings. The molecular weight excluding hydrogens is 442 g/mol. The third kappa shape index (κ3) is 5.22. The van der Waals surface area contributed by atoms with Crippen molar-refractivity contribution in [2.75, 3.05) is 13.2 Å². The number of benzene rings is 3. The topological polar surface area (TPSA) is 47.6 Å². The van der Waals surface area contributed by atoms with Gasteiger partial charge in [-0.2, -0.15) is 0 Å². The Morgan fingerprint density at radius 2 is 1.73 bits per heavy atom. The fourth-order valence-corrected chi connectivity index (χ4v) is 3.95. The van der Waals surface area contributed by atoms with E-state index in [9.17, 15) is 4.79 Å². The zero-order chi connectivity index (χ0) is 20.8. The summed E-state index contributed by atoms with van der Waals surface area (Å²) in [4.78, 5) is 12.9. The molecule has 0 bridgehead atoms. The van der Waals surface area contributed by atoms with E-state index in [1.54, 1.807) is 0 Å². The smallest absolute Gasteiger partial charge is 0.251 e. The highest BCUT2D eigenvalue weighted by Crippen LogP contribution is 2.33. The van der Waals surface area contributed by atoms with Crippen molar-refractivity contribution in [3.05, 3.63) is 94.0 Å². The Hall–Kier alpha value is -2.79. The van der Waals surface area contributed by atoms with E-state index in [2.05, 4.69) is 33.4 Å². The first-order valence-corrected chi connectivity index (χ1v) is 11.0. The van der Waals surface area contributed by atoms with Crippen molar-refractivity contribution in [3.63, 3.8) is 0 Å². The Kier molecular flexibility index (Phi) is 6.70. The molecular formula is C25H24BrNO3. The molecule has 1 unspecified atom stereocenters. The van der Waals surface area contributed by atoms with Crippen molar-refractivity contribution in [3.8, 4) is 11.5 Å². The molecule has 1 atom stereocenters. The minimum atomic E-state index is -0.145. The molecule has 30 heavy (non-hydrogen) atoms. The maximum absolute atomic E-state index is 12.9. The number of carbonyl (C=O) groups excluding carboxylic acids is 1. The molecule has 154 valence electrons. The number of hydrogen-bond donors (Lipinski definition) is 1. The van der Waals surface area contributed by atoms with Crippen LogP contribution in [0.15, 0.2) is 77.3 Å². The Morgan fingerprint density at radius 3 is 2.53 bits per heavy atom. The van der Waals surface area contributed by atoms with E-state index in [-0.39, 0.29) is 11.9 Å². The maximum Gasteiger partial charge on any atom is 0.251 e. The summed E-state index contributed by atoms with van der Waals surface area (Å²) in [5.41, 5.74) is 2.88. The third-order valence-electron chi connectivity index (χ3n) is 5.13. The van der Waals surface area contributed by atoms with Gasteiger partial charge < -0.3 is 14.8 Å². The van der Waals surface area contributed by atoms with Gasteiger partial charge in [-0.3, -0.25) is 4.79 Å². The lowest BCUT2D eigenvalue weighted by Crippen LogP contribution is -2.29. The van der Waals surface area contributed by atoms with Gasteiger partial charge in [0.05, 0.1) is 19.3 Å². The molecule has 3 aromatic rings. The second-order valence-corrected chi connectivity index (χ2v) is 8.23. The Morgan fingerprint density at radius 1 is 0.933 bits per heavy atom. The first kappa shape index (κ1) is 20.5. The van der Waals surface area contributed by atoms with E-state index in [0.29, 0.717) is 18.8 Å². The van der Waals surface area contributed by atoms with Crippen LogP contribution in [-0.4, -0.2) is 19.1 Å². The first-order valence-electron chi connectivity index (χ1n) is 10.2. The molecule has 0 spiro atoms. The van der Waals surface area contributed by atoms with E-state index in [1.165, 1.54) is 5.56 Å². The first-order chi connectivity index (χ1) is 14.7. The minimum Gasteiger partial charge on any atom is -0.490 e. The van der Waals surface area contributed by atoms with Crippen LogP contribution in [0, 0.1) is 0 Å². The quantitative estimate of drug-likeness (QED) is 0.506. The van der Waals surface area contributed by atoms with Gasteiger partial charge in [-0.15, -0.1) is 0 Å². The van der Waals surface area contributed by atoms with Gasteiger partial charge in [-0.1, -0.05) is 58.4 Å². The third-order valence-corrected chi connectivity index (χ3v) is 5.62. The summed E-state index contributed by atoms with van der Waals surface area (Å²) in [6.45, 7) is 1.29. The van der Waals surface area contributed by atoms with Crippen LogP contribution in [0.1, 0.15) is 40.4 Å². The normalized spacial score (nSPS) is 13.9. The van der Waals surface area contributed by atoms with Gasteiger partial charge in [0.2, 0.25) is 0 Å². The molecule has 4 nitrogen and oxygen atoms in total. The van der Waals surface area contributed by atoms with Crippen molar-refractivity contribution in [2.45, 2.75) is 25.3 Å².